The molecule has 2 aromatic carbocycles. The van der Waals surface area contributed by atoms with E-state index in [2.05, 4.69) is 15.9 Å². The highest BCUT2D eigenvalue weighted by molar-refractivity contribution is 9.10. The van der Waals surface area contributed by atoms with Gasteiger partial charge in [-0.25, -0.2) is 12.8 Å². The Morgan fingerprint density at radius 1 is 1.26 bits per heavy atom. The van der Waals surface area contributed by atoms with E-state index in [1.165, 1.54) is 27.4 Å². The zero-order chi connectivity index (χ0) is 19.6. The van der Waals surface area contributed by atoms with Gasteiger partial charge in [0.25, 0.3) is 0 Å². The predicted molar refractivity (Wildman–Crippen MR) is 104 cm³/mol. The van der Waals surface area contributed by atoms with Crippen molar-refractivity contribution in [3.8, 4) is 0 Å². The lowest BCUT2D eigenvalue weighted by Crippen LogP contribution is -2.46. The molecule has 27 heavy (non-hydrogen) atoms. The molecule has 0 aromatic heterocycles. The maximum absolute atomic E-state index is 14.0. The van der Waals surface area contributed by atoms with E-state index >= 15 is 0 Å². The number of carbonyl (C=O) groups excluding carboxylic acids is 1. The van der Waals surface area contributed by atoms with Gasteiger partial charge in [-0.15, -0.1) is 0 Å². The first-order chi connectivity index (χ1) is 12.8. The third-order valence-corrected chi connectivity index (χ3v) is 7.05. The van der Waals surface area contributed by atoms with Crippen LogP contribution >= 0.6 is 15.9 Å². The fourth-order valence-corrected chi connectivity index (χ4v) is 5.34. The standard InChI is InChI=1S/C19H20BrFN2O3S/c1-22(13-14-12-15(20)9-10-17(14)21)19(24)18-8-5-11-23(18)27(25,26)16-6-3-2-4-7-16/h2-4,6-7,9-10,12,18H,5,8,11,13H2,1H3. The Hall–Kier alpha value is -1.77. The predicted octanol–water partition coefficient (Wildman–Crippen LogP) is 3.40. The van der Waals surface area contributed by atoms with Crippen LogP contribution in [0.15, 0.2) is 57.9 Å². The molecule has 5 nitrogen and oxygen atoms in total. The van der Waals surface area contributed by atoms with E-state index in [4.69, 9.17) is 0 Å². The molecular formula is C19H20BrFN2O3S. The SMILES string of the molecule is CN(Cc1cc(Br)ccc1F)C(=O)C1CCCN1S(=O)(=O)c1ccccc1. The van der Waals surface area contributed by atoms with Crippen LogP contribution in [0.3, 0.4) is 0 Å². The molecule has 0 bridgehead atoms. The molecule has 1 saturated heterocycles. The first kappa shape index (κ1) is 20.0. The summed E-state index contributed by atoms with van der Waals surface area (Å²) in [4.78, 5) is 14.5. The van der Waals surface area contributed by atoms with Crippen LogP contribution in [0.1, 0.15) is 18.4 Å². The molecule has 0 radical (unpaired) electrons. The summed E-state index contributed by atoms with van der Waals surface area (Å²) < 4.78 is 41.8. The third kappa shape index (κ3) is 4.23. The van der Waals surface area contributed by atoms with Gasteiger partial charge in [0.15, 0.2) is 0 Å². The third-order valence-electron chi connectivity index (χ3n) is 4.63. The molecule has 1 amide bonds. The molecule has 144 valence electrons. The summed E-state index contributed by atoms with van der Waals surface area (Å²) in [5, 5.41) is 0. The number of amides is 1. The van der Waals surface area contributed by atoms with E-state index in [0.29, 0.717) is 29.4 Å². The molecule has 1 atom stereocenters. The molecule has 2 aromatic rings. The highest BCUT2D eigenvalue weighted by Gasteiger charge is 2.40. The van der Waals surface area contributed by atoms with Crippen LogP contribution in [0.4, 0.5) is 4.39 Å². The summed E-state index contributed by atoms with van der Waals surface area (Å²) in [6, 6.07) is 11.9. The van der Waals surface area contributed by atoms with Crippen molar-refractivity contribution >= 4 is 31.9 Å². The van der Waals surface area contributed by atoms with Crippen molar-refractivity contribution < 1.29 is 17.6 Å². The Balaban J connectivity index is 1.80. The van der Waals surface area contributed by atoms with Crippen molar-refractivity contribution in [1.29, 1.82) is 0 Å². The van der Waals surface area contributed by atoms with E-state index in [-0.39, 0.29) is 17.3 Å². The molecule has 1 heterocycles. The number of carbonyl (C=O) groups is 1. The number of hydrogen-bond donors (Lipinski definition) is 0. The monoisotopic (exact) mass is 454 g/mol. The van der Waals surface area contributed by atoms with Gasteiger partial charge < -0.3 is 4.90 Å². The maximum Gasteiger partial charge on any atom is 0.243 e. The molecule has 0 spiro atoms. The number of rotatable bonds is 5. The lowest BCUT2D eigenvalue weighted by molar-refractivity contribution is -0.133. The molecule has 1 fully saturated rings. The van der Waals surface area contributed by atoms with Crippen molar-refractivity contribution in [3.63, 3.8) is 0 Å². The van der Waals surface area contributed by atoms with E-state index in [0.717, 1.165) is 0 Å². The first-order valence-electron chi connectivity index (χ1n) is 8.56. The fourth-order valence-electron chi connectivity index (χ4n) is 3.25. The Labute approximate surface area is 167 Å². The van der Waals surface area contributed by atoms with Crippen molar-refractivity contribution in [1.82, 2.24) is 9.21 Å². The van der Waals surface area contributed by atoms with Crippen molar-refractivity contribution in [3.05, 3.63) is 64.4 Å². The van der Waals surface area contributed by atoms with Gasteiger partial charge in [-0.3, -0.25) is 4.79 Å². The van der Waals surface area contributed by atoms with Crippen LogP contribution < -0.4 is 0 Å². The van der Waals surface area contributed by atoms with Gasteiger partial charge in [0.1, 0.15) is 11.9 Å². The number of likely N-dealkylation sites (N-methyl/N-ethyl adjacent to an activating group) is 1. The number of benzene rings is 2. The van der Waals surface area contributed by atoms with E-state index in [9.17, 15) is 17.6 Å². The summed E-state index contributed by atoms with van der Waals surface area (Å²) in [6.45, 7) is 0.368. The lowest BCUT2D eigenvalue weighted by atomic mass is 10.1. The molecule has 1 unspecified atom stereocenters. The second-order valence-corrected chi connectivity index (χ2v) is 9.32. The van der Waals surface area contributed by atoms with Crippen LogP contribution in [-0.4, -0.2) is 43.2 Å². The lowest BCUT2D eigenvalue weighted by Gasteiger charge is -2.27. The number of nitrogens with zero attached hydrogens (tertiary/aromatic N) is 2. The Morgan fingerprint density at radius 2 is 1.96 bits per heavy atom. The quantitative estimate of drug-likeness (QED) is 0.695. The maximum atomic E-state index is 14.0. The minimum Gasteiger partial charge on any atom is -0.340 e. The zero-order valence-corrected chi connectivity index (χ0v) is 17.2. The van der Waals surface area contributed by atoms with Crippen LogP contribution in [0.2, 0.25) is 0 Å². The average Bonchev–Trinajstić information content (AvgIpc) is 3.15. The second-order valence-electron chi connectivity index (χ2n) is 6.52. The number of sulfonamides is 1. The van der Waals surface area contributed by atoms with Crippen LogP contribution in [-0.2, 0) is 21.4 Å². The van der Waals surface area contributed by atoms with Crippen molar-refractivity contribution in [2.24, 2.45) is 0 Å². The van der Waals surface area contributed by atoms with Gasteiger partial charge in [-0.05, 0) is 43.2 Å². The Kier molecular flexibility index (Phi) is 5.98. The largest absolute Gasteiger partial charge is 0.340 e. The van der Waals surface area contributed by atoms with Crippen molar-refractivity contribution in [2.45, 2.75) is 30.3 Å². The average molecular weight is 455 g/mol. The normalized spacial score (nSPS) is 17.8. The summed E-state index contributed by atoms with van der Waals surface area (Å²) in [5.74, 6) is -0.732. The summed E-state index contributed by atoms with van der Waals surface area (Å²) in [5.41, 5.74) is 0.371. The highest BCUT2D eigenvalue weighted by Crippen LogP contribution is 2.27. The molecule has 8 heteroatoms. The zero-order valence-electron chi connectivity index (χ0n) is 14.8. The Morgan fingerprint density at radius 3 is 2.67 bits per heavy atom. The van der Waals surface area contributed by atoms with Gasteiger partial charge in [-0.1, -0.05) is 34.1 Å². The van der Waals surface area contributed by atoms with E-state index in [1.807, 2.05) is 0 Å². The molecule has 0 saturated carbocycles. The molecule has 1 aliphatic heterocycles. The summed E-state index contributed by atoms with van der Waals surface area (Å²) >= 11 is 3.29. The topological polar surface area (TPSA) is 57.7 Å². The minimum absolute atomic E-state index is 0.0693. The van der Waals surface area contributed by atoms with Gasteiger partial charge >= 0.3 is 0 Å². The van der Waals surface area contributed by atoms with Gasteiger partial charge in [0.2, 0.25) is 15.9 Å². The van der Waals surface area contributed by atoms with Crippen LogP contribution in [0.25, 0.3) is 0 Å². The number of halogens is 2. The van der Waals surface area contributed by atoms with E-state index in [1.54, 1.807) is 37.4 Å². The number of hydrogen-bond acceptors (Lipinski definition) is 3. The van der Waals surface area contributed by atoms with Gasteiger partial charge in [0, 0.05) is 30.2 Å². The molecular weight excluding hydrogens is 435 g/mol. The fraction of sp³-hybridized carbons (Fsp3) is 0.316. The molecule has 0 aliphatic carbocycles. The molecule has 3 rings (SSSR count). The second kappa shape index (κ2) is 8.08. The first-order valence-corrected chi connectivity index (χ1v) is 10.8. The molecule has 1 aliphatic rings. The Bertz CT molecular complexity index is 937. The van der Waals surface area contributed by atoms with Gasteiger partial charge in [0.05, 0.1) is 4.90 Å². The smallest absolute Gasteiger partial charge is 0.243 e. The van der Waals surface area contributed by atoms with Crippen LogP contribution in [0, 0.1) is 5.82 Å². The summed E-state index contributed by atoms with van der Waals surface area (Å²) in [7, 11) is -2.19. The van der Waals surface area contributed by atoms with Crippen LogP contribution in [0.5, 0.6) is 0 Å². The van der Waals surface area contributed by atoms with E-state index < -0.39 is 21.9 Å². The summed E-state index contributed by atoms with van der Waals surface area (Å²) in [6.07, 6.45) is 1.07. The van der Waals surface area contributed by atoms with Crippen molar-refractivity contribution in [2.75, 3.05) is 13.6 Å². The minimum atomic E-state index is -3.75. The highest BCUT2D eigenvalue weighted by atomic mass is 79.9. The molecule has 0 N–H and O–H groups in total. The van der Waals surface area contributed by atoms with Gasteiger partial charge in [-0.2, -0.15) is 4.31 Å².